The van der Waals surface area contributed by atoms with Crippen molar-refractivity contribution in [3.05, 3.63) is 46.6 Å². The molecule has 0 fully saturated rings. The molecule has 0 radical (unpaired) electrons. The normalized spacial score (nSPS) is 14.5. The number of nitrogens with zero attached hydrogens (tertiary/aromatic N) is 1. The summed E-state index contributed by atoms with van der Waals surface area (Å²) in [5.41, 5.74) is 6.41. The third kappa shape index (κ3) is 3.96. The number of hydrogen-bond donors (Lipinski definition) is 2. The summed E-state index contributed by atoms with van der Waals surface area (Å²) >= 11 is 6.08. The highest BCUT2D eigenvalue weighted by atomic mass is 35.5. The fourth-order valence-electron chi connectivity index (χ4n) is 2.73. The number of fused-ring (bicyclic) bond motifs is 1. The molecule has 1 aromatic carbocycles. The lowest BCUT2D eigenvalue weighted by atomic mass is 10.0. The summed E-state index contributed by atoms with van der Waals surface area (Å²) in [7, 11) is 0. The number of amides is 1. The second kappa shape index (κ2) is 6.80. The van der Waals surface area contributed by atoms with Crippen LogP contribution in [0.25, 0.3) is 0 Å². The van der Waals surface area contributed by atoms with Gasteiger partial charge < -0.3 is 20.5 Å². The van der Waals surface area contributed by atoms with Crippen molar-refractivity contribution in [2.45, 2.75) is 25.9 Å². The van der Waals surface area contributed by atoms with Gasteiger partial charge in [-0.2, -0.15) is 0 Å². The van der Waals surface area contributed by atoms with Gasteiger partial charge in [-0.05, 0) is 26.0 Å². The largest absolute Gasteiger partial charge is 0.488 e. The Bertz CT molecular complexity index is 808. The first kappa shape index (κ1) is 17.4. The van der Waals surface area contributed by atoms with E-state index in [0.717, 1.165) is 23.5 Å². The van der Waals surface area contributed by atoms with E-state index in [4.69, 9.17) is 26.8 Å². The molecule has 1 amide bonds. The van der Waals surface area contributed by atoms with Gasteiger partial charge in [0.2, 0.25) is 5.91 Å². The van der Waals surface area contributed by atoms with E-state index in [2.05, 4.69) is 30.2 Å². The number of halogens is 1. The third-order valence-corrected chi connectivity index (χ3v) is 4.12. The Hall–Kier alpha value is -2.47. The van der Waals surface area contributed by atoms with Gasteiger partial charge in [0.15, 0.2) is 11.5 Å². The van der Waals surface area contributed by atoms with Gasteiger partial charge in [-0.25, -0.2) is 4.98 Å². The Morgan fingerprint density at radius 1 is 1.48 bits per heavy atom. The van der Waals surface area contributed by atoms with Crippen LogP contribution in [-0.2, 0) is 6.42 Å². The van der Waals surface area contributed by atoms with E-state index in [1.54, 1.807) is 0 Å². The molecule has 7 heteroatoms. The molecule has 3 rings (SSSR count). The molecular formula is C18H20ClN3O3. The highest BCUT2D eigenvalue weighted by molar-refractivity contribution is 6.33. The van der Waals surface area contributed by atoms with Crippen LogP contribution >= 0.6 is 11.6 Å². The lowest BCUT2D eigenvalue weighted by molar-refractivity contribution is 0.1000. The lowest BCUT2D eigenvalue weighted by Crippen LogP contribution is -2.24. The van der Waals surface area contributed by atoms with Crippen LogP contribution in [0.2, 0.25) is 5.02 Å². The van der Waals surface area contributed by atoms with Crippen molar-refractivity contribution in [1.29, 1.82) is 0 Å². The molecule has 6 nitrogen and oxygen atoms in total. The number of anilines is 1. The molecule has 1 aliphatic rings. The zero-order valence-electron chi connectivity index (χ0n) is 14.1. The summed E-state index contributed by atoms with van der Waals surface area (Å²) in [6.07, 6.45) is 2.25. The van der Waals surface area contributed by atoms with Crippen molar-refractivity contribution in [2.24, 2.45) is 5.73 Å². The Morgan fingerprint density at radius 3 is 3.00 bits per heavy atom. The van der Waals surface area contributed by atoms with E-state index in [1.165, 1.54) is 12.3 Å². The second-order valence-corrected chi connectivity index (χ2v) is 6.88. The topological polar surface area (TPSA) is 86.5 Å². The van der Waals surface area contributed by atoms with Crippen molar-refractivity contribution in [3.8, 4) is 11.5 Å². The SMILES string of the molecule is CC1(C)Cc2cccc(OCCNc3ncc(C(N)=O)cc3Cl)c2O1. The van der Waals surface area contributed by atoms with Crippen LogP contribution in [0.1, 0.15) is 29.8 Å². The number of para-hydroxylation sites is 1. The monoisotopic (exact) mass is 361 g/mol. The zero-order chi connectivity index (χ0) is 18.0. The van der Waals surface area contributed by atoms with E-state index in [1.807, 2.05) is 12.1 Å². The molecule has 3 N–H and O–H groups in total. The lowest BCUT2D eigenvalue weighted by Gasteiger charge is -2.18. The maximum atomic E-state index is 11.1. The van der Waals surface area contributed by atoms with Gasteiger partial charge in [0.05, 0.1) is 17.1 Å². The number of ether oxygens (including phenoxy) is 2. The van der Waals surface area contributed by atoms with E-state index in [-0.39, 0.29) is 11.2 Å². The molecule has 0 aliphatic carbocycles. The van der Waals surface area contributed by atoms with Crippen LogP contribution in [0.15, 0.2) is 30.5 Å². The molecule has 2 aromatic rings. The van der Waals surface area contributed by atoms with Gasteiger partial charge in [-0.3, -0.25) is 4.79 Å². The quantitative estimate of drug-likeness (QED) is 0.772. The summed E-state index contributed by atoms with van der Waals surface area (Å²) in [5, 5.41) is 3.41. The first-order chi connectivity index (χ1) is 11.9. The molecule has 1 aromatic heterocycles. The summed E-state index contributed by atoms with van der Waals surface area (Å²) in [6.45, 7) is 5.02. The number of pyridine rings is 1. The minimum atomic E-state index is -0.565. The number of nitrogens with one attached hydrogen (secondary N) is 1. The molecule has 0 atom stereocenters. The zero-order valence-corrected chi connectivity index (χ0v) is 14.9. The number of aromatic nitrogens is 1. The van der Waals surface area contributed by atoms with E-state index in [9.17, 15) is 4.79 Å². The van der Waals surface area contributed by atoms with Gasteiger partial charge in [0.1, 0.15) is 18.0 Å². The molecule has 0 spiro atoms. The van der Waals surface area contributed by atoms with E-state index < -0.39 is 5.91 Å². The Labute approximate surface area is 151 Å². The van der Waals surface area contributed by atoms with Gasteiger partial charge in [-0.1, -0.05) is 23.7 Å². The minimum Gasteiger partial charge on any atom is -0.488 e. The smallest absolute Gasteiger partial charge is 0.250 e. The Morgan fingerprint density at radius 2 is 2.28 bits per heavy atom. The van der Waals surface area contributed by atoms with Crippen molar-refractivity contribution >= 4 is 23.3 Å². The minimum absolute atomic E-state index is 0.209. The summed E-state index contributed by atoms with van der Waals surface area (Å²) in [5.74, 6) is 1.46. The predicted octanol–water partition coefficient (Wildman–Crippen LogP) is 3.04. The van der Waals surface area contributed by atoms with Crippen LogP contribution in [0.5, 0.6) is 11.5 Å². The maximum Gasteiger partial charge on any atom is 0.250 e. The van der Waals surface area contributed by atoms with Crippen LogP contribution in [0, 0.1) is 0 Å². The molecule has 0 bridgehead atoms. The molecular weight excluding hydrogens is 342 g/mol. The molecule has 1 aliphatic heterocycles. The molecule has 0 saturated heterocycles. The average molecular weight is 362 g/mol. The molecule has 25 heavy (non-hydrogen) atoms. The number of carbonyl (C=O) groups excluding carboxylic acids is 1. The number of nitrogens with two attached hydrogens (primary N) is 1. The number of rotatable bonds is 6. The van der Waals surface area contributed by atoms with Crippen LogP contribution in [-0.4, -0.2) is 29.6 Å². The second-order valence-electron chi connectivity index (χ2n) is 6.48. The highest BCUT2D eigenvalue weighted by Gasteiger charge is 2.32. The predicted molar refractivity (Wildman–Crippen MR) is 96.6 cm³/mol. The van der Waals surface area contributed by atoms with E-state index in [0.29, 0.717) is 24.0 Å². The van der Waals surface area contributed by atoms with Crippen molar-refractivity contribution in [2.75, 3.05) is 18.5 Å². The fourth-order valence-corrected chi connectivity index (χ4v) is 2.97. The molecule has 132 valence electrons. The van der Waals surface area contributed by atoms with Gasteiger partial charge in [0, 0.05) is 18.2 Å². The van der Waals surface area contributed by atoms with Crippen LogP contribution < -0.4 is 20.5 Å². The summed E-state index contributed by atoms with van der Waals surface area (Å²) < 4.78 is 11.8. The van der Waals surface area contributed by atoms with Gasteiger partial charge in [-0.15, -0.1) is 0 Å². The molecule has 2 heterocycles. The Balaban J connectivity index is 1.57. The Kier molecular flexibility index (Phi) is 4.72. The van der Waals surface area contributed by atoms with E-state index >= 15 is 0 Å². The van der Waals surface area contributed by atoms with Gasteiger partial charge in [0.25, 0.3) is 0 Å². The summed E-state index contributed by atoms with van der Waals surface area (Å²) in [6, 6.07) is 7.40. The fraction of sp³-hybridized carbons (Fsp3) is 0.333. The first-order valence-corrected chi connectivity index (χ1v) is 8.36. The van der Waals surface area contributed by atoms with Crippen LogP contribution in [0.4, 0.5) is 5.82 Å². The number of carbonyl (C=O) groups is 1. The number of hydrogen-bond acceptors (Lipinski definition) is 5. The average Bonchev–Trinajstić information content (AvgIpc) is 2.87. The maximum absolute atomic E-state index is 11.1. The highest BCUT2D eigenvalue weighted by Crippen LogP contribution is 2.41. The standard InChI is InChI=1S/C18H20ClN3O3/c1-18(2)9-11-4-3-5-14(15(11)25-18)24-7-6-21-17-13(19)8-12(10-22-17)16(20)23/h3-5,8,10H,6-7,9H2,1-2H3,(H2,20,23)(H,21,22). The molecule has 0 unspecified atom stereocenters. The first-order valence-electron chi connectivity index (χ1n) is 7.99. The summed E-state index contributed by atoms with van der Waals surface area (Å²) in [4.78, 5) is 15.2. The van der Waals surface area contributed by atoms with Gasteiger partial charge >= 0.3 is 0 Å². The van der Waals surface area contributed by atoms with Crippen molar-refractivity contribution < 1.29 is 14.3 Å². The van der Waals surface area contributed by atoms with Crippen molar-refractivity contribution in [3.63, 3.8) is 0 Å². The van der Waals surface area contributed by atoms with Crippen LogP contribution in [0.3, 0.4) is 0 Å². The third-order valence-electron chi connectivity index (χ3n) is 3.83. The number of benzene rings is 1. The number of primary amides is 1. The molecule has 0 saturated carbocycles. The van der Waals surface area contributed by atoms with Crippen molar-refractivity contribution in [1.82, 2.24) is 4.98 Å².